The van der Waals surface area contributed by atoms with Gasteiger partial charge in [-0.25, -0.2) is 9.37 Å². The number of halogens is 1. The molecule has 1 heterocycles. The second kappa shape index (κ2) is 4.90. The Labute approximate surface area is 119 Å². The topological polar surface area (TPSA) is 75.0 Å². The summed E-state index contributed by atoms with van der Waals surface area (Å²) in [7, 11) is 1.71. The van der Waals surface area contributed by atoms with Crippen LogP contribution in [0.3, 0.4) is 0 Å². The predicted molar refractivity (Wildman–Crippen MR) is 81.2 cm³/mol. The van der Waals surface area contributed by atoms with Crippen LogP contribution in [0.1, 0.15) is 0 Å². The summed E-state index contributed by atoms with van der Waals surface area (Å²) >= 11 is 0. The third kappa shape index (κ3) is 2.20. The highest BCUT2D eigenvalue weighted by molar-refractivity contribution is 5.90. The monoisotopic (exact) mass is 284 g/mol. The summed E-state index contributed by atoms with van der Waals surface area (Å²) < 4.78 is 13.9. The summed E-state index contributed by atoms with van der Waals surface area (Å²) in [6.45, 7) is 0. The Kier molecular flexibility index (Phi) is 3.06. The number of hydrogen-bond donors (Lipinski definition) is 2. The molecule has 0 bridgehead atoms. The van der Waals surface area contributed by atoms with Gasteiger partial charge in [0.1, 0.15) is 5.82 Å². The molecule has 2 aromatic carbocycles. The van der Waals surface area contributed by atoms with Crippen molar-refractivity contribution < 1.29 is 4.39 Å². The van der Waals surface area contributed by atoms with E-state index in [-0.39, 0.29) is 11.4 Å². The van der Waals surface area contributed by atoms with E-state index in [0.29, 0.717) is 28.0 Å². The summed E-state index contributed by atoms with van der Waals surface area (Å²) in [6, 6.07) is 9.63. The fourth-order valence-corrected chi connectivity index (χ4v) is 2.26. The molecule has 1 aromatic heterocycles. The molecule has 0 fully saturated rings. The molecule has 0 aliphatic heterocycles. The van der Waals surface area contributed by atoms with Gasteiger partial charge < -0.3 is 15.6 Å². The first-order valence-electron chi connectivity index (χ1n) is 6.33. The van der Waals surface area contributed by atoms with Crippen LogP contribution >= 0.6 is 0 Å². The van der Waals surface area contributed by atoms with Crippen LogP contribution in [-0.2, 0) is 0 Å². The Hall–Kier alpha value is -2.89. The zero-order valence-corrected chi connectivity index (χ0v) is 11.3. The van der Waals surface area contributed by atoms with Crippen molar-refractivity contribution in [3.63, 3.8) is 0 Å². The minimum absolute atomic E-state index is 0.258. The number of aromatic amines is 1. The molecule has 21 heavy (non-hydrogen) atoms. The largest absolute Gasteiger partial charge is 0.397 e. The van der Waals surface area contributed by atoms with Gasteiger partial charge >= 0.3 is 0 Å². The van der Waals surface area contributed by atoms with Gasteiger partial charge in [-0.15, -0.1) is 0 Å². The van der Waals surface area contributed by atoms with Crippen molar-refractivity contribution in [1.29, 1.82) is 0 Å². The number of nitrogen functional groups attached to an aromatic ring is 1. The van der Waals surface area contributed by atoms with E-state index in [0.717, 1.165) is 0 Å². The first-order chi connectivity index (χ1) is 10.1. The van der Waals surface area contributed by atoms with Gasteiger partial charge in [0.2, 0.25) is 0 Å². The average Bonchev–Trinajstić information content (AvgIpc) is 2.47. The number of fused-ring (bicyclic) bond motifs is 1. The van der Waals surface area contributed by atoms with Crippen LogP contribution in [-0.4, -0.2) is 17.0 Å². The average molecular weight is 284 g/mol. The molecule has 0 spiro atoms. The molecule has 6 heteroatoms. The number of benzene rings is 2. The summed E-state index contributed by atoms with van der Waals surface area (Å²) in [5, 5.41) is 0.403. The van der Waals surface area contributed by atoms with Crippen molar-refractivity contribution in [2.45, 2.75) is 0 Å². The lowest BCUT2D eigenvalue weighted by Crippen LogP contribution is -2.14. The van der Waals surface area contributed by atoms with E-state index in [2.05, 4.69) is 9.97 Å². The van der Waals surface area contributed by atoms with Gasteiger partial charge in [0.05, 0.1) is 34.3 Å². The molecular weight excluding hydrogens is 271 g/mol. The zero-order chi connectivity index (χ0) is 15.0. The van der Waals surface area contributed by atoms with Crippen molar-refractivity contribution in [2.75, 3.05) is 17.7 Å². The lowest BCUT2D eigenvalue weighted by molar-refractivity contribution is 0.627. The van der Waals surface area contributed by atoms with Gasteiger partial charge in [0.15, 0.2) is 0 Å². The number of anilines is 3. The summed E-state index contributed by atoms with van der Waals surface area (Å²) in [5.74, 6) is -0.349. The Morgan fingerprint density at radius 1 is 1.24 bits per heavy atom. The molecule has 0 amide bonds. The molecule has 0 unspecified atom stereocenters. The van der Waals surface area contributed by atoms with Gasteiger partial charge in [-0.2, -0.15) is 0 Å². The SMILES string of the molecule is CN(c1cc2nc[nH]c(=O)c2cc1N)c1ccccc1F. The normalized spacial score (nSPS) is 10.8. The van der Waals surface area contributed by atoms with Crippen LogP contribution in [0.25, 0.3) is 10.9 Å². The highest BCUT2D eigenvalue weighted by atomic mass is 19.1. The number of aromatic nitrogens is 2. The Bertz CT molecular complexity index is 875. The first-order valence-corrected chi connectivity index (χ1v) is 6.33. The van der Waals surface area contributed by atoms with Gasteiger partial charge in [-0.1, -0.05) is 12.1 Å². The highest BCUT2D eigenvalue weighted by Crippen LogP contribution is 2.32. The van der Waals surface area contributed by atoms with Crippen molar-refractivity contribution in [2.24, 2.45) is 0 Å². The van der Waals surface area contributed by atoms with Crippen LogP contribution in [0.2, 0.25) is 0 Å². The summed E-state index contributed by atoms with van der Waals surface area (Å²) in [6.07, 6.45) is 1.33. The maximum atomic E-state index is 13.9. The maximum absolute atomic E-state index is 13.9. The third-order valence-corrected chi connectivity index (χ3v) is 3.36. The lowest BCUT2D eigenvalue weighted by Gasteiger charge is -2.22. The molecule has 0 saturated carbocycles. The zero-order valence-electron chi connectivity index (χ0n) is 11.3. The van der Waals surface area contributed by atoms with Crippen molar-refractivity contribution in [3.05, 3.63) is 58.9 Å². The van der Waals surface area contributed by atoms with E-state index < -0.39 is 0 Å². The first kappa shape index (κ1) is 13.1. The number of hydrogen-bond acceptors (Lipinski definition) is 4. The summed E-state index contributed by atoms with van der Waals surface area (Å²) in [4.78, 5) is 19.9. The lowest BCUT2D eigenvalue weighted by atomic mass is 10.1. The minimum Gasteiger partial charge on any atom is -0.397 e. The molecule has 106 valence electrons. The second-order valence-corrected chi connectivity index (χ2v) is 4.67. The van der Waals surface area contributed by atoms with E-state index in [9.17, 15) is 9.18 Å². The number of nitrogens with one attached hydrogen (secondary N) is 1. The van der Waals surface area contributed by atoms with Gasteiger partial charge in [-0.3, -0.25) is 4.79 Å². The van der Waals surface area contributed by atoms with E-state index >= 15 is 0 Å². The van der Waals surface area contributed by atoms with E-state index in [4.69, 9.17) is 5.73 Å². The fourth-order valence-electron chi connectivity index (χ4n) is 2.26. The van der Waals surface area contributed by atoms with Crippen LogP contribution in [0.15, 0.2) is 47.5 Å². The number of H-pyrrole nitrogens is 1. The molecule has 3 aromatic rings. The molecule has 0 atom stereocenters. The molecule has 5 nitrogen and oxygen atoms in total. The number of nitrogens with zero attached hydrogens (tertiary/aromatic N) is 2. The van der Waals surface area contributed by atoms with Gasteiger partial charge in [0.25, 0.3) is 5.56 Å². The predicted octanol–water partition coefficient (Wildman–Crippen LogP) is 2.41. The number of para-hydroxylation sites is 1. The van der Waals surface area contributed by atoms with Crippen molar-refractivity contribution in [1.82, 2.24) is 9.97 Å². The van der Waals surface area contributed by atoms with Gasteiger partial charge in [0, 0.05) is 7.05 Å². The smallest absolute Gasteiger partial charge is 0.258 e. The molecule has 0 aliphatic carbocycles. The summed E-state index contributed by atoms with van der Waals surface area (Å²) in [5.41, 5.74) is 7.61. The molecule has 3 rings (SSSR count). The van der Waals surface area contributed by atoms with E-state index in [1.165, 1.54) is 12.4 Å². The molecule has 0 radical (unpaired) electrons. The Morgan fingerprint density at radius 3 is 2.76 bits per heavy atom. The van der Waals surface area contributed by atoms with E-state index in [1.54, 1.807) is 42.3 Å². The molecule has 0 aliphatic rings. The van der Waals surface area contributed by atoms with Crippen molar-refractivity contribution in [3.8, 4) is 0 Å². The van der Waals surface area contributed by atoms with Crippen LogP contribution in [0.4, 0.5) is 21.5 Å². The molecule has 3 N–H and O–H groups in total. The number of rotatable bonds is 2. The second-order valence-electron chi connectivity index (χ2n) is 4.67. The van der Waals surface area contributed by atoms with Crippen LogP contribution < -0.4 is 16.2 Å². The van der Waals surface area contributed by atoms with E-state index in [1.807, 2.05) is 0 Å². The fraction of sp³-hybridized carbons (Fsp3) is 0.0667. The molecular formula is C15H13FN4O. The van der Waals surface area contributed by atoms with Gasteiger partial charge in [-0.05, 0) is 24.3 Å². The van der Waals surface area contributed by atoms with Crippen LogP contribution in [0.5, 0.6) is 0 Å². The molecule has 0 saturated heterocycles. The quantitative estimate of drug-likeness (QED) is 0.709. The third-order valence-electron chi connectivity index (χ3n) is 3.36. The Balaban J connectivity index is 2.19. The van der Waals surface area contributed by atoms with Crippen LogP contribution in [0, 0.1) is 5.82 Å². The maximum Gasteiger partial charge on any atom is 0.258 e. The highest BCUT2D eigenvalue weighted by Gasteiger charge is 2.13. The standard InChI is InChI=1S/C15H13FN4O/c1-20(13-5-3-2-4-10(13)16)14-7-12-9(6-11(14)17)15(21)19-8-18-12/h2-8H,17H2,1H3,(H,18,19,21). The van der Waals surface area contributed by atoms with Crippen molar-refractivity contribution >= 4 is 28.0 Å². The minimum atomic E-state index is -0.349. The number of nitrogens with two attached hydrogens (primary N) is 1. The Morgan fingerprint density at radius 2 is 2.00 bits per heavy atom.